The van der Waals surface area contributed by atoms with Gasteiger partial charge in [-0.3, -0.25) is 0 Å². The van der Waals surface area contributed by atoms with Gasteiger partial charge in [-0.25, -0.2) is 0 Å². The summed E-state index contributed by atoms with van der Waals surface area (Å²) in [6.45, 7) is 3.18. The largest absolute Gasteiger partial charge is 0.493 e. The van der Waals surface area contributed by atoms with E-state index in [1.54, 1.807) is 14.2 Å². The van der Waals surface area contributed by atoms with E-state index >= 15 is 0 Å². The molecule has 0 radical (unpaired) electrons. The molecule has 0 amide bonds. The molecule has 0 aliphatic rings. The van der Waals surface area contributed by atoms with E-state index < -0.39 is 6.10 Å². The van der Waals surface area contributed by atoms with Gasteiger partial charge in [-0.2, -0.15) is 0 Å². The maximum atomic E-state index is 10.0. The van der Waals surface area contributed by atoms with Gasteiger partial charge in [0.15, 0.2) is 11.5 Å². The van der Waals surface area contributed by atoms with E-state index in [4.69, 9.17) is 14.2 Å². The van der Waals surface area contributed by atoms with Crippen molar-refractivity contribution in [2.75, 3.05) is 47.0 Å². The Morgan fingerprint density at radius 1 is 0.857 bits per heavy atom. The second-order valence-electron chi connectivity index (χ2n) is 6.51. The van der Waals surface area contributed by atoms with Crippen molar-refractivity contribution in [3.05, 3.63) is 60.2 Å². The van der Waals surface area contributed by atoms with E-state index in [0.29, 0.717) is 18.0 Å². The third-order valence-corrected chi connectivity index (χ3v) is 4.37. The van der Waals surface area contributed by atoms with Gasteiger partial charge in [0.05, 0.1) is 13.2 Å². The molecule has 2 aromatic carbocycles. The summed E-state index contributed by atoms with van der Waals surface area (Å²) in [6.07, 6.45) is 0.447. The standard InChI is InChI=1S/C22H32N2O4/c1-26-20-11-6-7-12-21(20)28-17-19(25)15-23-13-8-14-24-16-22(27-2)18-9-4-3-5-10-18/h3-7,9-12,19,22-25H,8,13-17H2,1-2H3. The lowest BCUT2D eigenvalue weighted by molar-refractivity contribution is 0.102. The number of para-hydroxylation sites is 2. The van der Waals surface area contributed by atoms with Crippen molar-refractivity contribution in [2.45, 2.75) is 18.6 Å². The molecule has 2 unspecified atom stereocenters. The predicted octanol–water partition coefficient (Wildman–Crippen LogP) is 2.39. The Bertz CT molecular complexity index is 654. The molecule has 0 fully saturated rings. The van der Waals surface area contributed by atoms with Crippen LogP contribution < -0.4 is 20.1 Å². The molecule has 154 valence electrons. The van der Waals surface area contributed by atoms with Crippen LogP contribution in [0.3, 0.4) is 0 Å². The third kappa shape index (κ3) is 7.86. The van der Waals surface area contributed by atoms with E-state index in [2.05, 4.69) is 22.8 Å². The minimum atomic E-state index is -0.575. The highest BCUT2D eigenvalue weighted by molar-refractivity contribution is 5.39. The first-order valence-corrected chi connectivity index (χ1v) is 9.67. The second kappa shape index (κ2) is 13.1. The summed E-state index contributed by atoms with van der Waals surface area (Å²) in [6, 6.07) is 17.6. The third-order valence-electron chi connectivity index (χ3n) is 4.37. The lowest BCUT2D eigenvalue weighted by atomic mass is 10.1. The monoisotopic (exact) mass is 388 g/mol. The molecule has 2 atom stereocenters. The molecule has 2 rings (SSSR count). The van der Waals surface area contributed by atoms with Gasteiger partial charge in [0, 0.05) is 20.2 Å². The number of methoxy groups -OCH3 is 2. The quantitative estimate of drug-likeness (QED) is 0.432. The molecule has 6 heteroatoms. The summed E-state index contributed by atoms with van der Waals surface area (Å²) in [5, 5.41) is 16.7. The molecule has 28 heavy (non-hydrogen) atoms. The molecule has 0 heterocycles. The fourth-order valence-electron chi connectivity index (χ4n) is 2.83. The van der Waals surface area contributed by atoms with Gasteiger partial charge in [-0.05, 0) is 37.2 Å². The maximum Gasteiger partial charge on any atom is 0.161 e. The molecule has 6 nitrogen and oxygen atoms in total. The number of nitrogens with one attached hydrogen (secondary N) is 2. The average molecular weight is 389 g/mol. The smallest absolute Gasteiger partial charge is 0.161 e. The Hall–Kier alpha value is -2.12. The molecule has 3 N–H and O–H groups in total. The van der Waals surface area contributed by atoms with Crippen molar-refractivity contribution in [3.8, 4) is 11.5 Å². The molecule has 0 bridgehead atoms. The first kappa shape index (κ1) is 22.2. The fraction of sp³-hybridized carbons (Fsp3) is 0.455. The van der Waals surface area contributed by atoms with Gasteiger partial charge in [0.25, 0.3) is 0 Å². The zero-order chi connectivity index (χ0) is 20.0. The van der Waals surface area contributed by atoms with E-state index in [-0.39, 0.29) is 12.7 Å². The summed E-state index contributed by atoms with van der Waals surface area (Å²) < 4.78 is 16.4. The van der Waals surface area contributed by atoms with Crippen LogP contribution in [-0.4, -0.2) is 58.2 Å². The van der Waals surface area contributed by atoms with Crippen LogP contribution in [0.25, 0.3) is 0 Å². The van der Waals surface area contributed by atoms with Crippen LogP contribution in [-0.2, 0) is 4.74 Å². The Labute approximate surface area is 167 Å². The first-order valence-electron chi connectivity index (χ1n) is 9.67. The van der Waals surface area contributed by atoms with Gasteiger partial charge in [-0.15, -0.1) is 0 Å². The van der Waals surface area contributed by atoms with Gasteiger partial charge in [0.2, 0.25) is 0 Å². The highest BCUT2D eigenvalue weighted by Crippen LogP contribution is 2.25. The number of aliphatic hydroxyl groups is 1. The van der Waals surface area contributed by atoms with E-state index in [0.717, 1.165) is 26.1 Å². The maximum absolute atomic E-state index is 10.0. The summed E-state index contributed by atoms with van der Waals surface area (Å²) in [5.74, 6) is 1.30. The second-order valence-corrected chi connectivity index (χ2v) is 6.51. The van der Waals surface area contributed by atoms with Crippen molar-refractivity contribution < 1.29 is 19.3 Å². The SMILES string of the molecule is COc1ccccc1OCC(O)CNCCCNCC(OC)c1ccccc1. The first-order chi connectivity index (χ1) is 13.7. The number of hydrogen-bond donors (Lipinski definition) is 3. The Kier molecular flexibility index (Phi) is 10.4. The van der Waals surface area contributed by atoms with Crippen LogP contribution in [0.5, 0.6) is 11.5 Å². The van der Waals surface area contributed by atoms with Crippen LogP contribution in [0.15, 0.2) is 54.6 Å². The molecule has 2 aromatic rings. The average Bonchev–Trinajstić information content (AvgIpc) is 2.75. The molecule has 0 aliphatic heterocycles. The van der Waals surface area contributed by atoms with Crippen molar-refractivity contribution in [3.63, 3.8) is 0 Å². The minimum absolute atomic E-state index is 0.0584. The van der Waals surface area contributed by atoms with E-state index in [1.165, 1.54) is 5.56 Å². The predicted molar refractivity (Wildman–Crippen MR) is 111 cm³/mol. The van der Waals surface area contributed by atoms with Crippen molar-refractivity contribution in [2.24, 2.45) is 0 Å². The van der Waals surface area contributed by atoms with Crippen molar-refractivity contribution >= 4 is 0 Å². The summed E-state index contributed by atoms with van der Waals surface area (Å²) in [4.78, 5) is 0. The zero-order valence-corrected chi connectivity index (χ0v) is 16.8. The van der Waals surface area contributed by atoms with Crippen LogP contribution in [0.2, 0.25) is 0 Å². The minimum Gasteiger partial charge on any atom is -0.493 e. The topological polar surface area (TPSA) is 72.0 Å². The number of ether oxygens (including phenoxy) is 3. The van der Waals surface area contributed by atoms with Gasteiger partial charge in [-0.1, -0.05) is 42.5 Å². The number of aliphatic hydroxyl groups excluding tert-OH is 1. The van der Waals surface area contributed by atoms with Crippen molar-refractivity contribution in [1.29, 1.82) is 0 Å². The van der Waals surface area contributed by atoms with Gasteiger partial charge >= 0.3 is 0 Å². The normalized spacial score (nSPS) is 13.1. The number of benzene rings is 2. The lowest BCUT2D eigenvalue weighted by Gasteiger charge is -2.17. The molecule has 0 saturated heterocycles. The highest BCUT2D eigenvalue weighted by atomic mass is 16.5. The van der Waals surface area contributed by atoms with Gasteiger partial charge < -0.3 is 30.0 Å². The van der Waals surface area contributed by atoms with Crippen LogP contribution in [0, 0.1) is 0 Å². The van der Waals surface area contributed by atoms with Crippen LogP contribution >= 0.6 is 0 Å². The number of hydrogen-bond acceptors (Lipinski definition) is 6. The fourth-order valence-corrected chi connectivity index (χ4v) is 2.83. The zero-order valence-electron chi connectivity index (χ0n) is 16.8. The molecule has 0 aliphatic carbocycles. The molecule has 0 saturated carbocycles. The molecular weight excluding hydrogens is 356 g/mol. The highest BCUT2D eigenvalue weighted by Gasteiger charge is 2.09. The lowest BCUT2D eigenvalue weighted by Crippen LogP contribution is -2.33. The van der Waals surface area contributed by atoms with Crippen LogP contribution in [0.1, 0.15) is 18.1 Å². The molecular formula is C22H32N2O4. The van der Waals surface area contributed by atoms with Crippen molar-refractivity contribution in [1.82, 2.24) is 10.6 Å². The van der Waals surface area contributed by atoms with Crippen LogP contribution in [0.4, 0.5) is 0 Å². The molecule has 0 spiro atoms. The Morgan fingerprint density at radius 3 is 2.18 bits per heavy atom. The summed E-state index contributed by atoms with van der Waals surface area (Å²) >= 11 is 0. The summed E-state index contributed by atoms with van der Waals surface area (Å²) in [7, 11) is 3.33. The van der Waals surface area contributed by atoms with Gasteiger partial charge in [0.1, 0.15) is 12.7 Å². The van der Waals surface area contributed by atoms with E-state index in [9.17, 15) is 5.11 Å². The number of rotatable bonds is 14. The van der Waals surface area contributed by atoms with E-state index in [1.807, 2.05) is 42.5 Å². The molecule has 0 aromatic heterocycles. The Balaban J connectivity index is 1.53. The summed E-state index contributed by atoms with van der Waals surface area (Å²) in [5.41, 5.74) is 1.17. The Morgan fingerprint density at radius 2 is 1.50 bits per heavy atom.